The number of fused-ring (bicyclic) bond motifs is 1. The standard InChI is InChI=1S/C29H26N4O2/c1-20-31-26-16-14-23(32(2)24-15-17-27(35-3)30-19-24)18-25(26)29(34)33(20)28(21-10-6-4-7-11-21)22-12-8-5-9-13-22/h4-19,28H,1-3H3. The minimum Gasteiger partial charge on any atom is -0.481 e. The van der Waals surface area contributed by atoms with Gasteiger partial charge in [-0.3, -0.25) is 9.36 Å². The van der Waals surface area contributed by atoms with Crippen LogP contribution in [0, 0.1) is 6.92 Å². The van der Waals surface area contributed by atoms with Crippen LogP contribution in [-0.2, 0) is 0 Å². The number of ether oxygens (including phenoxy) is 1. The highest BCUT2D eigenvalue weighted by Crippen LogP contribution is 2.29. The smallest absolute Gasteiger partial charge is 0.262 e. The maximum absolute atomic E-state index is 14.0. The van der Waals surface area contributed by atoms with Gasteiger partial charge < -0.3 is 9.64 Å². The van der Waals surface area contributed by atoms with Crippen LogP contribution in [0.4, 0.5) is 11.4 Å². The van der Waals surface area contributed by atoms with E-state index in [1.54, 1.807) is 17.9 Å². The van der Waals surface area contributed by atoms with E-state index in [9.17, 15) is 4.79 Å². The molecule has 0 spiro atoms. The second-order valence-electron chi connectivity index (χ2n) is 8.38. The first-order valence-electron chi connectivity index (χ1n) is 11.4. The van der Waals surface area contributed by atoms with Crippen molar-refractivity contribution in [2.75, 3.05) is 19.1 Å². The third kappa shape index (κ3) is 4.26. The lowest BCUT2D eigenvalue weighted by molar-refractivity contribution is 0.398. The molecule has 0 aliphatic rings. The van der Waals surface area contributed by atoms with Gasteiger partial charge in [-0.2, -0.15) is 0 Å². The summed E-state index contributed by atoms with van der Waals surface area (Å²) in [6.45, 7) is 1.89. The minimum atomic E-state index is -0.283. The van der Waals surface area contributed by atoms with Gasteiger partial charge in [0.25, 0.3) is 5.56 Å². The number of methoxy groups -OCH3 is 1. The van der Waals surface area contributed by atoms with E-state index in [1.165, 1.54) is 0 Å². The van der Waals surface area contributed by atoms with Gasteiger partial charge >= 0.3 is 0 Å². The van der Waals surface area contributed by atoms with Gasteiger partial charge in [-0.15, -0.1) is 0 Å². The molecule has 6 heteroatoms. The molecule has 2 aromatic heterocycles. The molecule has 174 valence electrons. The Kier molecular flexibility index (Phi) is 6.02. The van der Waals surface area contributed by atoms with Crippen LogP contribution in [-0.4, -0.2) is 28.7 Å². The number of benzene rings is 3. The van der Waals surface area contributed by atoms with Crippen molar-refractivity contribution in [1.82, 2.24) is 14.5 Å². The van der Waals surface area contributed by atoms with E-state index in [-0.39, 0.29) is 11.6 Å². The van der Waals surface area contributed by atoms with Gasteiger partial charge in [0.2, 0.25) is 5.88 Å². The zero-order valence-electron chi connectivity index (χ0n) is 19.9. The number of aromatic nitrogens is 3. The lowest BCUT2D eigenvalue weighted by Gasteiger charge is -2.24. The van der Waals surface area contributed by atoms with Crippen LogP contribution in [0.1, 0.15) is 23.0 Å². The fourth-order valence-corrected chi connectivity index (χ4v) is 4.41. The van der Waals surface area contributed by atoms with E-state index in [4.69, 9.17) is 9.72 Å². The Bertz CT molecular complexity index is 1470. The molecular weight excluding hydrogens is 436 g/mol. The SMILES string of the molecule is COc1ccc(N(C)c2ccc3nc(C)n(C(c4ccccc4)c4ccccc4)c(=O)c3c2)cn1. The van der Waals surface area contributed by atoms with Crippen LogP contribution >= 0.6 is 0 Å². The van der Waals surface area contributed by atoms with Crippen LogP contribution in [0.5, 0.6) is 5.88 Å². The van der Waals surface area contributed by atoms with Crippen molar-refractivity contribution >= 4 is 22.3 Å². The van der Waals surface area contributed by atoms with Crippen molar-refractivity contribution < 1.29 is 4.74 Å². The van der Waals surface area contributed by atoms with Crippen LogP contribution in [0.3, 0.4) is 0 Å². The normalized spacial score (nSPS) is 11.1. The maximum atomic E-state index is 14.0. The molecular formula is C29H26N4O2. The number of rotatable bonds is 6. The molecule has 0 unspecified atom stereocenters. The Balaban J connectivity index is 1.66. The number of anilines is 2. The summed E-state index contributed by atoms with van der Waals surface area (Å²) < 4.78 is 6.96. The molecule has 0 amide bonds. The summed E-state index contributed by atoms with van der Waals surface area (Å²) in [4.78, 5) is 25.1. The van der Waals surface area contributed by atoms with Crippen molar-refractivity contribution in [3.05, 3.63) is 124 Å². The molecule has 0 radical (unpaired) electrons. The van der Waals surface area contributed by atoms with E-state index in [2.05, 4.69) is 29.2 Å². The molecule has 0 N–H and O–H groups in total. The van der Waals surface area contributed by atoms with Gasteiger partial charge in [0, 0.05) is 18.8 Å². The fourth-order valence-electron chi connectivity index (χ4n) is 4.41. The average molecular weight is 463 g/mol. The quantitative estimate of drug-likeness (QED) is 0.333. The van der Waals surface area contributed by atoms with Gasteiger partial charge in [0.1, 0.15) is 5.82 Å². The molecule has 5 rings (SSSR count). The van der Waals surface area contributed by atoms with Gasteiger partial charge in [-0.1, -0.05) is 60.7 Å². The zero-order valence-corrected chi connectivity index (χ0v) is 19.9. The summed E-state index contributed by atoms with van der Waals surface area (Å²) in [6.07, 6.45) is 1.75. The molecule has 0 saturated carbocycles. The monoisotopic (exact) mass is 462 g/mol. The third-order valence-electron chi connectivity index (χ3n) is 6.25. The van der Waals surface area contributed by atoms with E-state index >= 15 is 0 Å². The number of pyridine rings is 1. The van der Waals surface area contributed by atoms with E-state index in [1.807, 2.05) is 85.6 Å². The second kappa shape index (κ2) is 9.43. The van der Waals surface area contributed by atoms with Crippen molar-refractivity contribution in [3.8, 4) is 5.88 Å². The molecule has 0 bridgehead atoms. The Morgan fingerprint density at radius 2 is 1.49 bits per heavy atom. The number of nitrogens with zero attached hydrogens (tertiary/aromatic N) is 4. The average Bonchev–Trinajstić information content (AvgIpc) is 2.91. The summed E-state index contributed by atoms with van der Waals surface area (Å²) in [5, 5.41) is 0.568. The highest BCUT2D eigenvalue weighted by atomic mass is 16.5. The Morgan fingerprint density at radius 3 is 2.06 bits per heavy atom. The first kappa shape index (κ1) is 22.3. The highest BCUT2D eigenvalue weighted by Gasteiger charge is 2.21. The number of hydrogen-bond acceptors (Lipinski definition) is 5. The Morgan fingerprint density at radius 1 is 0.857 bits per heavy atom. The minimum absolute atomic E-state index is 0.0756. The molecule has 6 nitrogen and oxygen atoms in total. The Labute approximate surface area is 204 Å². The van der Waals surface area contributed by atoms with Crippen LogP contribution in [0.25, 0.3) is 10.9 Å². The largest absolute Gasteiger partial charge is 0.481 e. The van der Waals surface area contributed by atoms with E-state index in [0.29, 0.717) is 22.6 Å². The molecule has 0 aliphatic heterocycles. The van der Waals surface area contributed by atoms with Gasteiger partial charge in [0.05, 0.1) is 35.9 Å². The maximum Gasteiger partial charge on any atom is 0.262 e. The lowest BCUT2D eigenvalue weighted by atomic mass is 9.98. The first-order valence-corrected chi connectivity index (χ1v) is 11.4. The van der Waals surface area contributed by atoms with Crippen molar-refractivity contribution in [2.24, 2.45) is 0 Å². The van der Waals surface area contributed by atoms with Crippen molar-refractivity contribution in [2.45, 2.75) is 13.0 Å². The molecule has 0 aliphatic carbocycles. The molecule has 2 heterocycles. The second-order valence-corrected chi connectivity index (χ2v) is 8.38. The number of hydrogen-bond donors (Lipinski definition) is 0. The molecule has 3 aromatic carbocycles. The summed E-state index contributed by atoms with van der Waals surface area (Å²) in [5.74, 6) is 1.22. The lowest BCUT2D eigenvalue weighted by Crippen LogP contribution is -2.29. The summed E-state index contributed by atoms with van der Waals surface area (Å²) in [6, 6.07) is 29.4. The highest BCUT2D eigenvalue weighted by molar-refractivity contribution is 5.83. The van der Waals surface area contributed by atoms with Crippen LogP contribution in [0.15, 0.2) is 102 Å². The fraction of sp³-hybridized carbons (Fsp3) is 0.138. The van der Waals surface area contributed by atoms with E-state index in [0.717, 1.165) is 22.5 Å². The summed E-state index contributed by atoms with van der Waals surface area (Å²) >= 11 is 0. The molecule has 35 heavy (non-hydrogen) atoms. The zero-order chi connectivity index (χ0) is 24.4. The summed E-state index contributed by atoms with van der Waals surface area (Å²) in [5.41, 5.74) is 4.42. The van der Waals surface area contributed by atoms with E-state index < -0.39 is 0 Å². The topological polar surface area (TPSA) is 60.2 Å². The van der Waals surface area contributed by atoms with Gasteiger partial charge in [-0.25, -0.2) is 9.97 Å². The Hall–Kier alpha value is -4.45. The van der Waals surface area contributed by atoms with Crippen molar-refractivity contribution in [3.63, 3.8) is 0 Å². The molecule has 0 atom stereocenters. The molecule has 0 saturated heterocycles. The predicted molar refractivity (Wildman–Crippen MR) is 140 cm³/mol. The van der Waals surface area contributed by atoms with Gasteiger partial charge in [0.15, 0.2) is 0 Å². The molecule has 5 aromatic rings. The first-order chi connectivity index (χ1) is 17.1. The number of aryl methyl sites for hydroxylation is 1. The van der Waals surface area contributed by atoms with Crippen LogP contribution in [0.2, 0.25) is 0 Å². The third-order valence-corrected chi connectivity index (χ3v) is 6.25. The predicted octanol–water partition coefficient (Wildman–Crippen LogP) is 5.51. The van der Waals surface area contributed by atoms with Crippen molar-refractivity contribution in [1.29, 1.82) is 0 Å². The van der Waals surface area contributed by atoms with Gasteiger partial charge in [-0.05, 0) is 42.3 Å². The van der Waals surface area contributed by atoms with Crippen LogP contribution < -0.4 is 15.2 Å². The molecule has 0 fully saturated rings. The summed E-state index contributed by atoms with van der Waals surface area (Å²) in [7, 11) is 3.54.